The van der Waals surface area contributed by atoms with Crippen LogP contribution in [0.3, 0.4) is 0 Å². The van der Waals surface area contributed by atoms with Gasteiger partial charge < -0.3 is 14.8 Å². The third kappa shape index (κ3) is 4.75. The third-order valence-electron chi connectivity index (χ3n) is 3.07. The fraction of sp³-hybridized carbons (Fsp3) is 0.625. The van der Waals surface area contributed by atoms with Gasteiger partial charge >= 0.3 is 0 Å². The maximum absolute atomic E-state index is 5.41. The van der Waals surface area contributed by atoms with E-state index in [0.29, 0.717) is 0 Å². The molecule has 19 heavy (non-hydrogen) atoms. The predicted octanol–water partition coefficient (Wildman–Crippen LogP) is 3.05. The van der Waals surface area contributed by atoms with E-state index in [-0.39, 0.29) is 5.41 Å². The van der Waals surface area contributed by atoms with Crippen molar-refractivity contribution in [2.45, 2.75) is 33.6 Å². The normalized spacial score (nSPS) is 11.5. The van der Waals surface area contributed by atoms with Crippen LogP contribution in [0.1, 0.15) is 31.9 Å². The van der Waals surface area contributed by atoms with Crippen LogP contribution in [-0.2, 0) is 12.8 Å². The Morgan fingerprint density at radius 1 is 1.00 bits per heavy atom. The van der Waals surface area contributed by atoms with Gasteiger partial charge in [-0.15, -0.1) is 0 Å². The third-order valence-corrected chi connectivity index (χ3v) is 3.07. The Morgan fingerprint density at radius 2 is 1.53 bits per heavy atom. The largest absolute Gasteiger partial charge is 0.493 e. The fourth-order valence-corrected chi connectivity index (χ4v) is 2.19. The summed E-state index contributed by atoms with van der Waals surface area (Å²) in [5, 5.41) is 3.20. The summed E-state index contributed by atoms with van der Waals surface area (Å²) in [6.07, 6.45) is 2.04. The van der Waals surface area contributed by atoms with E-state index in [9.17, 15) is 0 Å². The van der Waals surface area contributed by atoms with Gasteiger partial charge in [0.25, 0.3) is 0 Å². The van der Waals surface area contributed by atoms with Crippen LogP contribution < -0.4 is 14.8 Å². The van der Waals surface area contributed by atoms with Crippen LogP contribution in [0.2, 0.25) is 0 Å². The van der Waals surface area contributed by atoms with Gasteiger partial charge in [0.2, 0.25) is 0 Å². The quantitative estimate of drug-likeness (QED) is 0.857. The molecular formula is C16H27NO2. The molecule has 108 valence electrons. The molecule has 0 aliphatic heterocycles. The summed E-state index contributed by atoms with van der Waals surface area (Å²) >= 11 is 0. The highest BCUT2D eigenvalue weighted by atomic mass is 16.5. The number of ether oxygens (including phenoxy) is 2. The number of nitrogens with one attached hydrogen (secondary N) is 1. The molecule has 0 amide bonds. The first-order valence-corrected chi connectivity index (χ1v) is 6.79. The predicted molar refractivity (Wildman–Crippen MR) is 80.3 cm³/mol. The first-order valence-electron chi connectivity index (χ1n) is 6.79. The summed E-state index contributed by atoms with van der Waals surface area (Å²) in [5.41, 5.74) is 2.94. The van der Waals surface area contributed by atoms with E-state index in [2.05, 4.69) is 38.2 Å². The molecule has 0 unspecified atom stereocenters. The molecule has 0 saturated heterocycles. The van der Waals surface area contributed by atoms with Gasteiger partial charge in [-0.1, -0.05) is 20.8 Å². The van der Waals surface area contributed by atoms with Crippen LogP contribution in [-0.4, -0.2) is 27.8 Å². The van der Waals surface area contributed by atoms with Gasteiger partial charge in [-0.25, -0.2) is 0 Å². The van der Waals surface area contributed by atoms with Crippen molar-refractivity contribution in [1.82, 2.24) is 5.32 Å². The summed E-state index contributed by atoms with van der Waals surface area (Å²) < 4.78 is 10.8. The van der Waals surface area contributed by atoms with E-state index in [1.807, 2.05) is 7.05 Å². The van der Waals surface area contributed by atoms with Gasteiger partial charge in [-0.2, -0.15) is 0 Å². The summed E-state index contributed by atoms with van der Waals surface area (Å²) in [6, 6.07) is 4.23. The number of methoxy groups -OCH3 is 2. The van der Waals surface area contributed by atoms with E-state index < -0.39 is 0 Å². The van der Waals surface area contributed by atoms with E-state index in [4.69, 9.17) is 9.47 Å². The molecule has 0 heterocycles. The van der Waals surface area contributed by atoms with Gasteiger partial charge in [0.05, 0.1) is 14.2 Å². The number of likely N-dealkylation sites (N-methyl/N-ethyl adjacent to an activating group) is 1. The zero-order valence-electron chi connectivity index (χ0n) is 13.1. The van der Waals surface area contributed by atoms with Crippen LogP contribution in [0.4, 0.5) is 0 Å². The number of benzene rings is 1. The number of hydrogen-bond acceptors (Lipinski definition) is 3. The molecule has 0 aromatic heterocycles. The molecule has 3 nitrogen and oxygen atoms in total. The second-order valence-electron chi connectivity index (χ2n) is 6.07. The van der Waals surface area contributed by atoms with Crippen molar-refractivity contribution in [3.05, 3.63) is 23.3 Å². The summed E-state index contributed by atoms with van der Waals surface area (Å²) in [7, 11) is 5.35. The SMILES string of the molecule is CNCCc1cc(OC)c(OC)cc1CC(C)(C)C. The Hall–Kier alpha value is -1.22. The van der Waals surface area contributed by atoms with E-state index in [0.717, 1.165) is 30.9 Å². The van der Waals surface area contributed by atoms with Crippen LogP contribution in [0.5, 0.6) is 11.5 Å². The molecule has 0 saturated carbocycles. The Labute approximate surface area is 117 Å². The van der Waals surface area contributed by atoms with Crippen molar-refractivity contribution in [3.63, 3.8) is 0 Å². The van der Waals surface area contributed by atoms with Gasteiger partial charge in [0.1, 0.15) is 0 Å². The van der Waals surface area contributed by atoms with Crippen molar-refractivity contribution in [1.29, 1.82) is 0 Å². The minimum Gasteiger partial charge on any atom is -0.493 e. The molecule has 1 N–H and O–H groups in total. The fourth-order valence-electron chi connectivity index (χ4n) is 2.19. The summed E-state index contributed by atoms with van der Waals surface area (Å²) in [4.78, 5) is 0. The molecule has 3 heteroatoms. The van der Waals surface area contributed by atoms with Gasteiger partial charge in [0, 0.05) is 0 Å². The summed E-state index contributed by atoms with van der Waals surface area (Å²) in [6.45, 7) is 7.73. The van der Waals surface area contributed by atoms with Crippen molar-refractivity contribution < 1.29 is 9.47 Å². The molecule has 0 aliphatic carbocycles. The second-order valence-corrected chi connectivity index (χ2v) is 6.07. The van der Waals surface area contributed by atoms with Crippen LogP contribution in [0.15, 0.2) is 12.1 Å². The molecule has 0 aliphatic rings. The Morgan fingerprint density at radius 3 is 1.95 bits per heavy atom. The van der Waals surface area contributed by atoms with E-state index in [1.165, 1.54) is 11.1 Å². The van der Waals surface area contributed by atoms with Crippen molar-refractivity contribution in [2.24, 2.45) is 5.41 Å². The lowest BCUT2D eigenvalue weighted by atomic mass is 9.85. The molecule has 0 spiro atoms. The molecule has 0 bridgehead atoms. The van der Waals surface area contributed by atoms with Crippen molar-refractivity contribution >= 4 is 0 Å². The van der Waals surface area contributed by atoms with Gasteiger partial charge in [-0.3, -0.25) is 0 Å². The average molecular weight is 265 g/mol. The highest BCUT2D eigenvalue weighted by molar-refractivity contribution is 5.48. The monoisotopic (exact) mass is 265 g/mol. The molecule has 1 aromatic rings. The zero-order chi connectivity index (χ0) is 14.5. The van der Waals surface area contributed by atoms with Crippen LogP contribution >= 0.6 is 0 Å². The average Bonchev–Trinajstić information content (AvgIpc) is 2.34. The first kappa shape index (κ1) is 15.8. The molecule has 1 aromatic carbocycles. The highest BCUT2D eigenvalue weighted by Crippen LogP contribution is 2.33. The number of rotatable bonds is 6. The topological polar surface area (TPSA) is 30.5 Å². The van der Waals surface area contributed by atoms with E-state index >= 15 is 0 Å². The van der Waals surface area contributed by atoms with Gasteiger partial charge in [-0.05, 0) is 55.1 Å². The molecule has 0 radical (unpaired) electrons. The summed E-state index contributed by atoms with van der Waals surface area (Å²) in [5.74, 6) is 1.63. The lowest BCUT2D eigenvalue weighted by Crippen LogP contribution is -2.15. The van der Waals surface area contributed by atoms with Crippen molar-refractivity contribution in [2.75, 3.05) is 27.8 Å². The maximum Gasteiger partial charge on any atom is 0.161 e. The molecule has 1 rings (SSSR count). The van der Waals surface area contributed by atoms with Crippen LogP contribution in [0.25, 0.3) is 0 Å². The molecular weight excluding hydrogens is 238 g/mol. The smallest absolute Gasteiger partial charge is 0.161 e. The standard InChI is InChI=1S/C16H27NO2/c1-16(2,3)11-13-10-15(19-6)14(18-5)9-12(13)7-8-17-4/h9-10,17H,7-8,11H2,1-6H3. The minimum absolute atomic E-state index is 0.258. The van der Waals surface area contributed by atoms with Crippen LogP contribution in [0, 0.1) is 5.41 Å². The second kappa shape index (κ2) is 6.80. The molecule has 0 fully saturated rings. The minimum atomic E-state index is 0.258. The van der Waals surface area contributed by atoms with Crippen molar-refractivity contribution in [3.8, 4) is 11.5 Å². The van der Waals surface area contributed by atoms with Gasteiger partial charge in [0.15, 0.2) is 11.5 Å². The van der Waals surface area contributed by atoms with E-state index in [1.54, 1.807) is 14.2 Å². The molecule has 0 atom stereocenters. The number of hydrogen-bond donors (Lipinski definition) is 1. The Balaban J connectivity index is 3.15. The Bertz CT molecular complexity index is 408. The lowest BCUT2D eigenvalue weighted by molar-refractivity contribution is 0.352. The zero-order valence-corrected chi connectivity index (χ0v) is 13.1. The highest BCUT2D eigenvalue weighted by Gasteiger charge is 2.17. The maximum atomic E-state index is 5.41. The Kier molecular flexibility index (Phi) is 5.67. The first-order chi connectivity index (χ1) is 8.91. The lowest BCUT2D eigenvalue weighted by Gasteiger charge is -2.22.